The summed E-state index contributed by atoms with van der Waals surface area (Å²) in [6.07, 6.45) is 3.49. The van der Waals surface area contributed by atoms with Crippen LogP contribution in [0.2, 0.25) is 0 Å². The van der Waals surface area contributed by atoms with Gasteiger partial charge in [0.25, 0.3) is 11.8 Å². The number of para-hydroxylation sites is 1. The van der Waals surface area contributed by atoms with Crippen molar-refractivity contribution in [3.63, 3.8) is 0 Å². The molecule has 6 heteroatoms. The molecule has 0 radical (unpaired) electrons. The number of aliphatic hydroxyl groups is 1. The van der Waals surface area contributed by atoms with Crippen molar-refractivity contribution in [1.82, 2.24) is 10.3 Å². The monoisotopic (exact) mass is 360 g/mol. The maximum atomic E-state index is 13.4. The fourth-order valence-corrected chi connectivity index (χ4v) is 3.16. The van der Waals surface area contributed by atoms with Gasteiger partial charge in [0.15, 0.2) is 0 Å². The highest BCUT2D eigenvalue weighted by atomic mass is 19.3. The number of allylic oxidation sites excluding steroid dienone is 2. The zero-order valence-corrected chi connectivity index (χ0v) is 14.6. The molecule has 1 aromatic carbocycles. The molecule has 1 heterocycles. The molecule has 2 aromatic rings. The maximum Gasteiger partial charge on any atom is 0.253 e. The third-order valence-electron chi connectivity index (χ3n) is 4.67. The van der Waals surface area contributed by atoms with Crippen molar-refractivity contribution in [2.75, 3.05) is 6.61 Å². The van der Waals surface area contributed by atoms with Crippen LogP contribution in [0.4, 0.5) is 8.78 Å². The smallest absolute Gasteiger partial charge is 0.253 e. The number of carbonyl (C=O) groups is 1. The number of alkyl halides is 2. The number of aromatic nitrogens is 1. The van der Waals surface area contributed by atoms with Gasteiger partial charge in [-0.05, 0) is 31.4 Å². The zero-order valence-electron chi connectivity index (χ0n) is 14.6. The summed E-state index contributed by atoms with van der Waals surface area (Å²) in [7, 11) is 0. The summed E-state index contributed by atoms with van der Waals surface area (Å²) in [4.78, 5) is 16.7. The van der Waals surface area contributed by atoms with Crippen LogP contribution in [0.1, 0.15) is 48.5 Å². The molecule has 1 aromatic heterocycles. The SMILES string of the molecule is C[C@H](CCO)NC(=O)c1cnc2c(C3=CCC(F)(F)CC3)cccc2c1. The highest BCUT2D eigenvalue weighted by Crippen LogP contribution is 2.37. The Labute approximate surface area is 150 Å². The first kappa shape index (κ1) is 18.5. The summed E-state index contributed by atoms with van der Waals surface area (Å²) in [6, 6.07) is 7.21. The van der Waals surface area contributed by atoms with Crippen LogP contribution in [0.3, 0.4) is 0 Å². The normalized spacial score (nSPS) is 17.6. The van der Waals surface area contributed by atoms with Gasteiger partial charge in [-0.3, -0.25) is 9.78 Å². The van der Waals surface area contributed by atoms with Crippen molar-refractivity contribution in [2.24, 2.45) is 0 Å². The van der Waals surface area contributed by atoms with E-state index in [0.29, 0.717) is 23.9 Å². The van der Waals surface area contributed by atoms with Crippen LogP contribution in [0.15, 0.2) is 36.5 Å². The summed E-state index contributed by atoms with van der Waals surface area (Å²) in [5.41, 5.74) is 2.87. The fourth-order valence-electron chi connectivity index (χ4n) is 3.16. The second-order valence-corrected chi connectivity index (χ2v) is 6.78. The largest absolute Gasteiger partial charge is 0.396 e. The van der Waals surface area contributed by atoms with Crippen LogP contribution < -0.4 is 5.32 Å². The molecule has 0 bridgehead atoms. The van der Waals surface area contributed by atoms with Crippen LogP contribution in [-0.4, -0.2) is 34.6 Å². The van der Waals surface area contributed by atoms with Gasteiger partial charge in [-0.25, -0.2) is 8.78 Å². The van der Waals surface area contributed by atoms with Gasteiger partial charge in [-0.2, -0.15) is 0 Å². The summed E-state index contributed by atoms with van der Waals surface area (Å²) in [6.45, 7) is 1.83. The van der Waals surface area contributed by atoms with Gasteiger partial charge in [0.05, 0.1) is 11.1 Å². The molecule has 1 aliphatic rings. The van der Waals surface area contributed by atoms with E-state index in [2.05, 4.69) is 10.3 Å². The Hall–Kier alpha value is -2.34. The molecular formula is C20H22F2N2O2. The van der Waals surface area contributed by atoms with Gasteiger partial charge < -0.3 is 10.4 Å². The van der Waals surface area contributed by atoms with Crippen molar-refractivity contribution in [3.8, 4) is 0 Å². The number of pyridine rings is 1. The third kappa shape index (κ3) is 4.07. The van der Waals surface area contributed by atoms with Gasteiger partial charge in [-0.15, -0.1) is 0 Å². The lowest BCUT2D eigenvalue weighted by Crippen LogP contribution is -2.33. The minimum absolute atomic E-state index is 0.00886. The lowest BCUT2D eigenvalue weighted by atomic mass is 9.90. The van der Waals surface area contributed by atoms with Gasteiger partial charge in [0.1, 0.15) is 0 Å². The average Bonchev–Trinajstić information content (AvgIpc) is 2.61. The zero-order chi connectivity index (χ0) is 18.7. The van der Waals surface area contributed by atoms with Gasteiger partial charge in [-0.1, -0.05) is 24.3 Å². The summed E-state index contributed by atoms with van der Waals surface area (Å²) >= 11 is 0. The highest BCUT2D eigenvalue weighted by Gasteiger charge is 2.31. The van der Waals surface area contributed by atoms with Crippen LogP contribution in [0.25, 0.3) is 16.5 Å². The van der Waals surface area contributed by atoms with E-state index in [4.69, 9.17) is 5.11 Å². The Kier molecular flexibility index (Phi) is 5.32. The van der Waals surface area contributed by atoms with Crippen LogP contribution in [-0.2, 0) is 0 Å². The lowest BCUT2D eigenvalue weighted by molar-refractivity contribution is -0.00602. The molecule has 1 aliphatic carbocycles. The number of nitrogens with one attached hydrogen (secondary N) is 1. The van der Waals surface area contributed by atoms with Crippen molar-refractivity contribution >= 4 is 22.4 Å². The first-order valence-electron chi connectivity index (χ1n) is 8.77. The molecule has 0 unspecified atom stereocenters. The number of fused-ring (bicyclic) bond motifs is 1. The summed E-state index contributed by atoms with van der Waals surface area (Å²) < 4.78 is 26.8. The molecule has 0 saturated heterocycles. The molecule has 3 rings (SSSR count). The first-order valence-corrected chi connectivity index (χ1v) is 8.77. The van der Waals surface area contributed by atoms with Crippen molar-refractivity contribution in [2.45, 2.75) is 44.6 Å². The lowest BCUT2D eigenvalue weighted by Gasteiger charge is -2.22. The average molecular weight is 360 g/mol. The van der Waals surface area contributed by atoms with Crippen molar-refractivity contribution in [3.05, 3.63) is 47.7 Å². The summed E-state index contributed by atoms with van der Waals surface area (Å²) in [5, 5.41) is 12.5. The Morgan fingerprint density at radius 3 is 2.92 bits per heavy atom. The molecule has 0 fully saturated rings. The number of halogens is 2. The van der Waals surface area contributed by atoms with Crippen LogP contribution in [0.5, 0.6) is 0 Å². The van der Waals surface area contributed by atoms with E-state index < -0.39 is 5.92 Å². The Morgan fingerprint density at radius 1 is 1.42 bits per heavy atom. The van der Waals surface area contributed by atoms with Crippen molar-refractivity contribution < 1.29 is 18.7 Å². The predicted molar refractivity (Wildman–Crippen MR) is 97.1 cm³/mol. The van der Waals surface area contributed by atoms with Crippen molar-refractivity contribution in [1.29, 1.82) is 0 Å². The standard InChI is InChI=1S/C20H22F2N2O2/c1-13(7-10-25)24-19(26)16-11-15-3-2-4-17(18(15)23-12-16)14-5-8-20(21,22)9-6-14/h2-5,11-13,25H,6-10H2,1H3,(H,24,26)/t13-/m1/s1. The Bertz CT molecular complexity index is 849. The van der Waals surface area contributed by atoms with Gasteiger partial charge in [0.2, 0.25) is 0 Å². The second kappa shape index (κ2) is 7.50. The van der Waals surface area contributed by atoms with E-state index in [-0.39, 0.29) is 31.4 Å². The molecule has 1 amide bonds. The Morgan fingerprint density at radius 2 is 2.23 bits per heavy atom. The molecule has 4 nitrogen and oxygen atoms in total. The van der Waals surface area contributed by atoms with E-state index in [9.17, 15) is 13.6 Å². The quantitative estimate of drug-likeness (QED) is 0.849. The van der Waals surface area contributed by atoms with E-state index in [0.717, 1.165) is 16.5 Å². The number of aliphatic hydroxyl groups excluding tert-OH is 1. The second-order valence-electron chi connectivity index (χ2n) is 6.78. The number of benzene rings is 1. The molecule has 1 atom stereocenters. The van der Waals surface area contributed by atoms with E-state index in [1.54, 1.807) is 12.1 Å². The minimum atomic E-state index is -2.63. The molecule has 0 aliphatic heterocycles. The number of hydrogen-bond donors (Lipinski definition) is 2. The number of amides is 1. The molecule has 26 heavy (non-hydrogen) atoms. The minimum Gasteiger partial charge on any atom is -0.396 e. The van der Waals surface area contributed by atoms with E-state index >= 15 is 0 Å². The number of rotatable bonds is 5. The van der Waals surface area contributed by atoms with E-state index in [1.807, 2.05) is 25.1 Å². The highest BCUT2D eigenvalue weighted by molar-refractivity contribution is 5.99. The first-order chi connectivity index (χ1) is 12.4. The Balaban J connectivity index is 1.88. The fraction of sp³-hybridized carbons (Fsp3) is 0.400. The van der Waals surface area contributed by atoms with E-state index in [1.165, 1.54) is 6.20 Å². The van der Waals surface area contributed by atoms with Crippen LogP contribution >= 0.6 is 0 Å². The summed E-state index contributed by atoms with van der Waals surface area (Å²) in [5.74, 6) is -2.87. The number of hydrogen-bond acceptors (Lipinski definition) is 3. The molecule has 2 N–H and O–H groups in total. The van der Waals surface area contributed by atoms with Crippen LogP contribution in [0, 0.1) is 0 Å². The molecule has 0 saturated carbocycles. The predicted octanol–water partition coefficient (Wildman–Crippen LogP) is 3.94. The van der Waals surface area contributed by atoms with Gasteiger partial charge >= 0.3 is 0 Å². The molecule has 138 valence electrons. The topological polar surface area (TPSA) is 62.2 Å². The third-order valence-corrected chi connectivity index (χ3v) is 4.67. The number of carbonyl (C=O) groups excluding carboxylic acids is 1. The number of nitrogens with zero attached hydrogens (tertiary/aromatic N) is 1. The molecule has 0 spiro atoms. The maximum absolute atomic E-state index is 13.4. The molecular weight excluding hydrogens is 338 g/mol. The van der Waals surface area contributed by atoms with Gasteiger partial charge in [0, 0.05) is 42.6 Å².